The summed E-state index contributed by atoms with van der Waals surface area (Å²) in [7, 11) is -3.57. The average molecular weight is 285 g/mol. The van der Waals surface area contributed by atoms with E-state index in [9.17, 15) is 8.42 Å². The summed E-state index contributed by atoms with van der Waals surface area (Å²) in [5, 5.41) is 7.57. The van der Waals surface area contributed by atoms with E-state index < -0.39 is 10.0 Å². The monoisotopic (exact) mass is 285 g/mol. The van der Waals surface area contributed by atoms with Crippen LogP contribution in [0, 0.1) is 13.8 Å². The fourth-order valence-corrected chi connectivity index (χ4v) is 3.13. The Morgan fingerprint density at radius 1 is 1.42 bits per heavy atom. The third kappa shape index (κ3) is 3.18. The maximum Gasteiger partial charge on any atom is 0.245 e. The molecule has 1 N–H and O–H groups in total. The zero-order valence-corrected chi connectivity index (χ0v) is 11.5. The van der Waals surface area contributed by atoms with Crippen molar-refractivity contribution in [3.8, 4) is 0 Å². The summed E-state index contributed by atoms with van der Waals surface area (Å²) in [5.41, 5.74) is 0.362. The van der Waals surface area contributed by atoms with E-state index in [-0.39, 0.29) is 4.90 Å². The van der Waals surface area contributed by atoms with Crippen LogP contribution in [0.15, 0.2) is 22.1 Å². The normalized spacial score (nSPS) is 11.9. The third-order valence-electron chi connectivity index (χ3n) is 2.56. The SMILES string of the molecule is Cc1noc(C)c1S(=O)(=O)NCCCn1cncn1. The van der Waals surface area contributed by atoms with Crippen LogP contribution in [0.3, 0.4) is 0 Å². The average Bonchev–Trinajstić information content (AvgIpc) is 2.95. The van der Waals surface area contributed by atoms with Crippen molar-refractivity contribution >= 4 is 10.0 Å². The van der Waals surface area contributed by atoms with Gasteiger partial charge in [-0.05, 0) is 20.3 Å². The highest BCUT2D eigenvalue weighted by Gasteiger charge is 2.23. The van der Waals surface area contributed by atoms with Crippen molar-refractivity contribution in [1.82, 2.24) is 24.6 Å². The van der Waals surface area contributed by atoms with Gasteiger partial charge < -0.3 is 4.52 Å². The number of rotatable bonds is 6. The molecule has 0 radical (unpaired) electrons. The number of nitrogens with zero attached hydrogens (tertiary/aromatic N) is 4. The van der Waals surface area contributed by atoms with Crippen LogP contribution in [-0.2, 0) is 16.6 Å². The van der Waals surface area contributed by atoms with Gasteiger partial charge in [-0.3, -0.25) is 4.68 Å². The van der Waals surface area contributed by atoms with E-state index in [0.29, 0.717) is 31.0 Å². The van der Waals surface area contributed by atoms with Gasteiger partial charge in [-0.2, -0.15) is 5.10 Å². The quantitative estimate of drug-likeness (QED) is 0.763. The predicted molar refractivity (Wildman–Crippen MR) is 65.8 cm³/mol. The maximum atomic E-state index is 12.1. The molecule has 2 aromatic rings. The van der Waals surface area contributed by atoms with Crippen LogP contribution >= 0.6 is 0 Å². The molecule has 19 heavy (non-hydrogen) atoms. The minimum Gasteiger partial charge on any atom is -0.360 e. The topological polar surface area (TPSA) is 103 Å². The Morgan fingerprint density at radius 3 is 2.79 bits per heavy atom. The minimum atomic E-state index is -3.57. The molecule has 0 unspecified atom stereocenters. The highest BCUT2D eigenvalue weighted by molar-refractivity contribution is 7.89. The van der Waals surface area contributed by atoms with Crippen molar-refractivity contribution in [3.63, 3.8) is 0 Å². The van der Waals surface area contributed by atoms with E-state index in [0.717, 1.165) is 0 Å². The first-order chi connectivity index (χ1) is 9.00. The molecule has 0 aliphatic rings. The van der Waals surface area contributed by atoms with Gasteiger partial charge in [0, 0.05) is 13.1 Å². The molecule has 0 aliphatic heterocycles. The standard InChI is InChI=1S/C10H15N5O3S/c1-8-10(9(2)18-14-8)19(16,17)13-4-3-5-15-7-11-6-12-15/h6-7,13H,3-5H2,1-2H3. The summed E-state index contributed by atoms with van der Waals surface area (Å²) >= 11 is 0. The van der Waals surface area contributed by atoms with E-state index in [1.54, 1.807) is 24.9 Å². The first-order valence-electron chi connectivity index (χ1n) is 5.75. The van der Waals surface area contributed by atoms with Crippen molar-refractivity contribution in [3.05, 3.63) is 24.1 Å². The molecule has 0 atom stereocenters. The summed E-state index contributed by atoms with van der Waals surface area (Å²) in [6, 6.07) is 0. The van der Waals surface area contributed by atoms with Crippen LogP contribution in [0.4, 0.5) is 0 Å². The molecule has 0 aromatic carbocycles. The second-order valence-corrected chi connectivity index (χ2v) is 5.77. The predicted octanol–water partition coefficient (Wildman–Crippen LogP) is 0.252. The summed E-state index contributed by atoms with van der Waals surface area (Å²) < 4.78 is 33.1. The van der Waals surface area contributed by atoms with Gasteiger partial charge in [0.1, 0.15) is 23.2 Å². The number of sulfonamides is 1. The highest BCUT2D eigenvalue weighted by Crippen LogP contribution is 2.18. The molecular weight excluding hydrogens is 270 g/mol. The molecule has 0 fully saturated rings. The van der Waals surface area contributed by atoms with Crippen molar-refractivity contribution in [2.24, 2.45) is 0 Å². The van der Waals surface area contributed by atoms with Gasteiger partial charge in [0.25, 0.3) is 0 Å². The Morgan fingerprint density at radius 2 is 2.21 bits per heavy atom. The van der Waals surface area contributed by atoms with E-state index in [1.807, 2.05) is 0 Å². The fraction of sp³-hybridized carbons (Fsp3) is 0.500. The van der Waals surface area contributed by atoms with Crippen molar-refractivity contribution in [2.75, 3.05) is 6.54 Å². The highest BCUT2D eigenvalue weighted by atomic mass is 32.2. The van der Waals surface area contributed by atoms with Gasteiger partial charge in [-0.25, -0.2) is 18.1 Å². The molecule has 0 spiro atoms. The van der Waals surface area contributed by atoms with Gasteiger partial charge in [0.2, 0.25) is 10.0 Å². The lowest BCUT2D eigenvalue weighted by Crippen LogP contribution is -2.26. The number of aryl methyl sites for hydroxylation is 3. The number of hydrogen-bond acceptors (Lipinski definition) is 6. The van der Waals surface area contributed by atoms with Crippen LogP contribution in [-0.4, -0.2) is 34.9 Å². The van der Waals surface area contributed by atoms with Gasteiger partial charge in [0.05, 0.1) is 0 Å². The first kappa shape index (κ1) is 13.7. The maximum absolute atomic E-state index is 12.1. The Kier molecular flexibility index (Phi) is 3.96. The molecule has 8 nitrogen and oxygen atoms in total. The van der Waals surface area contributed by atoms with E-state index in [2.05, 4.69) is 20.0 Å². The lowest BCUT2D eigenvalue weighted by Gasteiger charge is -2.05. The molecule has 9 heteroatoms. The van der Waals surface area contributed by atoms with Gasteiger partial charge >= 0.3 is 0 Å². The van der Waals surface area contributed by atoms with E-state index in [4.69, 9.17) is 4.52 Å². The number of nitrogens with one attached hydrogen (secondary N) is 1. The second-order valence-electron chi connectivity index (χ2n) is 4.06. The summed E-state index contributed by atoms with van der Waals surface area (Å²) in [6.07, 6.45) is 3.64. The molecule has 2 aromatic heterocycles. The Bertz CT molecular complexity index is 613. The minimum absolute atomic E-state index is 0.119. The summed E-state index contributed by atoms with van der Waals surface area (Å²) in [6.45, 7) is 4.08. The van der Waals surface area contributed by atoms with Crippen LogP contribution in [0.5, 0.6) is 0 Å². The molecule has 2 heterocycles. The van der Waals surface area contributed by atoms with Crippen LogP contribution in [0.25, 0.3) is 0 Å². The third-order valence-corrected chi connectivity index (χ3v) is 4.26. The molecule has 0 aliphatic carbocycles. The summed E-state index contributed by atoms with van der Waals surface area (Å²) in [5.74, 6) is 0.293. The molecule has 0 saturated carbocycles. The van der Waals surface area contributed by atoms with Gasteiger partial charge in [-0.15, -0.1) is 0 Å². The van der Waals surface area contributed by atoms with Crippen molar-refractivity contribution in [2.45, 2.75) is 31.7 Å². The molecule has 104 valence electrons. The smallest absolute Gasteiger partial charge is 0.245 e. The number of aromatic nitrogens is 4. The van der Waals surface area contributed by atoms with Crippen molar-refractivity contribution in [1.29, 1.82) is 0 Å². The molecule has 0 saturated heterocycles. The Hall–Kier alpha value is -1.74. The molecule has 2 rings (SSSR count). The zero-order chi connectivity index (χ0) is 13.9. The second kappa shape index (κ2) is 5.49. The zero-order valence-electron chi connectivity index (χ0n) is 10.7. The Balaban J connectivity index is 1.92. The van der Waals surface area contributed by atoms with Crippen molar-refractivity contribution < 1.29 is 12.9 Å². The molecule has 0 amide bonds. The lowest BCUT2D eigenvalue weighted by atomic mass is 10.4. The molecular formula is C10H15N5O3S. The van der Waals surface area contributed by atoms with Crippen LogP contribution in [0.1, 0.15) is 17.9 Å². The van der Waals surface area contributed by atoms with E-state index >= 15 is 0 Å². The lowest BCUT2D eigenvalue weighted by molar-refractivity contribution is 0.390. The van der Waals surface area contributed by atoms with Crippen LogP contribution < -0.4 is 4.72 Å². The summed E-state index contributed by atoms with van der Waals surface area (Å²) in [4.78, 5) is 3.92. The first-order valence-corrected chi connectivity index (χ1v) is 7.24. The largest absolute Gasteiger partial charge is 0.360 e. The van der Waals surface area contributed by atoms with Gasteiger partial charge in [-0.1, -0.05) is 5.16 Å². The Labute approximate surface area is 110 Å². The van der Waals surface area contributed by atoms with Crippen LogP contribution in [0.2, 0.25) is 0 Å². The number of hydrogen-bond donors (Lipinski definition) is 1. The van der Waals surface area contributed by atoms with Gasteiger partial charge in [0.15, 0.2) is 5.76 Å². The fourth-order valence-electron chi connectivity index (χ4n) is 1.73. The van der Waals surface area contributed by atoms with E-state index in [1.165, 1.54) is 6.33 Å². The molecule has 0 bridgehead atoms.